The van der Waals surface area contributed by atoms with Crippen LogP contribution in [0.2, 0.25) is 0 Å². The van der Waals surface area contributed by atoms with Crippen LogP contribution >= 0.6 is 22.6 Å². The van der Waals surface area contributed by atoms with Gasteiger partial charge < -0.3 is 10.1 Å². The number of nitrogens with one attached hydrogen (secondary N) is 1. The highest BCUT2D eigenvalue weighted by Gasteiger charge is 2.25. The Kier molecular flexibility index (Phi) is 5.25. The Morgan fingerprint density at radius 2 is 2.18 bits per heavy atom. The van der Waals surface area contributed by atoms with E-state index in [0.717, 1.165) is 26.2 Å². The van der Waals surface area contributed by atoms with Gasteiger partial charge in [-0.1, -0.05) is 19.1 Å². The summed E-state index contributed by atoms with van der Waals surface area (Å²) in [4.78, 5) is 0. The van der Waals surface area contributed by atoms with Gasteiger partial charge in [-0.15, -0.1) is 0 Å². The van der Waals surface area contributed by atoms with Gasteiger partial charge in [-0.25, -0.2) is 0 Å². The Labute approximate surface area is 117 Å². The number of hydrogen-bond acceptors (Lipinski definition) is 2. The molecule has 0 spiro atoms. The normalized spacial score (nSPS) is 21.6. The van der Waals surface area contributed by atoms with Gasteiger partial charge in [0.25, 0.3) is 0 Å². The molecule has 0 radical (unpaired) electrons. The summed E-state index contributed by atoms with van der Waals surface area (Å²) in [7, 11) is 0. The van der Waals surface area contributed by atoms with Crippen LogP contribution in [-0.2, 0) is 11.2 Å². The first-order valence-corrected chi connectivity index (χ1v) is 7.43. The molecule has 1 aliphatic rings. The summed E-state index contributed by atoms with van der Waals surface area (Å²) in [6.45, 7) is 5.06. The SMILES string of the molecule is CCNC(Cc1ccc(I)cc1)C1CCOC1. The highest BCUT2D eigenvalue weighted by atomic mass is 127. The van der Waals surface area contributed by atoms with Crippen LogP contribution in [-0.4, -0.2) is 25.8 Å². The van der Waals surface area contributed by atoms with E-state index in [1.54, 1.807) is 0 Å². The molecule has 0 amide bonds. The van der Waals surface area contributed by atoms with Gasteiger partial charge in [0.1, 0.15) is 0 Å². The number of likely N-dealkylation sites (N-methyl/N-ethyl adjacent to an activating group) is 1. The highest BCUT2D eigenvalue weighted by molar-refractivity contribution is 14.1. The van der Waals surface area contributed by atoms with Crippen molar-refractivity contribution in [1.29, 1.82) is 0 Å². The van der Waals surface area contributed by atoms with E-state index in [0.29, 0.717) is 12.0 Å². The van der Waals surface area contributed by atoms with Crippen molar-refractivity contribution in [3.63, 3.8) is 0 Å². The van der Waals surface area contributed by atoms with Gasteiger partial charge in [0.2, 0.25) is 0 Å². The van der Waals surface area contributed by atoms with Crippen molar-refractivity contribution in [3.05, 3.63) is 33.4 Å². The van der Waals surface area contributed by atoms with Crippen LogP contribution < -0.4 is 5.32 Å². The number of halogens is 1. The van der Waals surface area contributed by atoms with Gasteiger partial charge in [-0.3, -0.25) is 0 Å². The average molecular weight is 345 g/mol. The zero-order valence-corrected chi connectivity index (χ0v) is 12.4. The summed E-state index contributed by atoms with van der Waals surface area (Å²) in [6.07, 6.45) is 2.31. The minimum atomic E-state index is 0.558. The quantitative estimate of drug-likeness (QED) is 0.829. The molecule has 1 saturated heterocycles. The lowest BCUT2D eigenvalue weighted by Gasteiger charge is -2.23. The monoisotopic (exact) mass is 345 g/mol. The van der Waals surface area contributed by atoms with Crippen molar-refractivity contribution in [1.82, 2.24) is 5.32 Å². The molecule has 1 aromatic rings. The second-order valence-corrected chi connectivity index (χ2v) is 5.86. The molecule has 1 aliphatic heterocycles. The van der Waals surface area contributed by atoms with Crippen LogP contribution in [0, 0.1) is 9.49 Å². The molecule has 2 atom stereocenters. The van der Waals surface area contributed by atoms with Crippen molar-refractivity contribution in [2.45, 2.75) is 25.8 Å². The maximum absolute atomic E-state index is 5.50. The zero-order chi connectivity index (χ0) is 12.1. The second kappa shape index (κ2) is 6.71. The molecule has 0 aliphatic carbocycles. The first-order chi connectivity index (χ1) is 8.29. The van der Waals surface area contributed by atoms with E-state index in [1.165, 1.54) is 15.6 Å². The largest absolute Gasteiger partial charge is 0.381 e. The lowest BCUT2D eigenvalue weighted by atomic mass is 9.93. The molecule has 0 bridgehead atoms. The van der Waals surface area contributed by atoms with Crippen LogP contribution in [0.15, 0.2) is 24.3 Å². The molecule has 2 rings (SSSR count). The second-order valence-electron chi connectivity index (χ2n) is 4.62. The van der Waals surface area contributed by atoms with E-state index >= 15 is 0 Å². The minimum absolute atomic E-state index is 0.558. The molecule has 2 nitrogen and oxygen atoms in total. The topological polar surface area (TPSA) is 21.3 Å². The predicted octanol–water partition coefficient (Wildman–Crippen LogP) is 2.85. The van der Waals surface area contributed by atoms with Crippen LogP contribution in [0.4, 0.5) is 0 Å². The fraction of sp³-hybridized carbons (Fsp3) is 0.571. The molecule has 94 valence electrons. The summed E-state index contributed by atoms with van der Waals surface area (Å²) >= 11 is 2.35. The minimum Gasteiger partial charge on any atom is -0.381 e. The summed E-state index contributed by atoms with van der Waals surface area (Å²) in [6, 6.07) is 9.40. The molecule has 0 aromatic heterocycles. The van der Waals surface area contributed by atoms with E-state index in [-0.39, 0.29) is 0 Å². The van der Waals surface area contributed by atoms with E-state index in [9.17, 15) is 0 Å². The maximum Gasteiger partial charge on any atom is 0.0510 e. The smallest absolute Gasteiger partial charge is 0.0510 e. The number of hydrogen-bond donors (Lipinski definition) is 1. The molecule has 1 aromatic carbocycles. The van der Waals surface area contributed by atoms with Gasteiger partial charge in [-0.2, -0.15) is 0 Å². The lowest BCUT2D eigenvalue weighted by molar-refractivity contribution is 0.176. The molecule has 1 fully saturated rings. The Morgan fingerprint density at radius 3 is 2.76 bits per heavy atom. The third kappa shape index (κ3) is 3.93. The number of benzene rings is 1. The molecule has 1 heterocycles. The Morgan fingerprint density at radius 1 is 1.41 bits per heavy atom. The summed E-state index contributed by atoms with van der Waals surface area (Å²) in [5, 5.41) is 3.61. The predicted molar refractivity (Wildman–Crippen MR) is 79.3 cm³/mol. The average Bonchev–Trinajstić information content (AvgIpc) is 2.85. The van der Waals surface area contributed by atoms with Crippen LogP contribution in [0.25, 0.3) is 0 Å². The fourth-order valence-electron chi connectivity index (χ4n) is 2.41. The van der Waals surface area contributed by atoms with E-state index < -0.39 is 0 Å². The van der Waals surface area contributed by atoms with Crippen molar-refractivity contribution in [2.24, 2.45) is 5.92 Å². The summed E-state index contributed by atoms with van der Waals surface area (Å²) < 4.78 is 6.80. The van der Waals surface area contributed by atoms with Crippen molar-refractivity contribution in [2.75, 3.05) is 19.8 Å². The molecule has 2 unspecified atom stereocenters. The Bertz CT molecular complexity index is 333. The fourth-order valence-corrected chi connectivity index (χ4v) is 2.77. The molecule has 17 heavy (non-hydrogen) atoms. The van der Waals surface area contributed by atoms with E-state index in [4.69, 9.17) is 4.74 Å². The van der Waals surface area contributed by atoms with Crippen LogP contribution in [0.5, 0.6) is 0 Å². The van der Waals surface area contributed by atoms with Gasteiger partial charge >= 0.3 is 0 Å². The first-order valence-electron chi connectivity index (χ1n) is 6.35. The van der Waals surface area contributed by atoms with Crippen LogP contribution in [0.1, 0.15) is 18.9 Å². The maximum atomic E-state index is 5.50. The molecular weight excluding hydrogens is 325 g/mol. The van der Waals surface area contributed by atoms with Crippen molar-refractivity contribution >= 4 is 22.6 Å². The highest BCUT2D eigenvalue weighted by Crippen LogP contribution is 2.20. The third-order valence-corrected chi connectivity index (χ3v) is 4.09. The van der Waals surface area contributed by atoms with Crippen molar-refractivity contribution < 1.29 is 4.74 Å². The summed E-state index contributed by atoms with van der Waals surface area (Å²) in [5.74, 6) is 0.675. The Balaban J connectivity index is 1.98. The van der Waals surface area contributed by atoms with Gasteiger partial charge in [0, 0.05) is 22.1 Å². The number of rotatable bonds is 5. The van der Waals surface area contributed by atoms with Gasteiger partial charge in [0.05, 0.1) is 6.61 Å². The molecule has 0 saturated carbocycles. The Hall–Kier alpha value is -0.130. The lowest BCUT2D eigenvalue weighted by Crippen LogP contribution is -2.38. The van der Waals surface area contributed by atoms with Gasteiger partial charge in [0.15, 0.2) is 0 Å². The molecular formula is C14H20INO. The van der Waals surface area contributed by atoms with E-state index in [2.05, 4.69) is 59.1 Å². The van der Waals surface area contributed by atoms with Crippen molar-refractivity contribution in [3.8, 4) is 0 Å². The first kappa shape index (κ1) is 13.3. The number of ether oxygens (including phenoxy) is 1. The molecule has 1 N–H and O–H groups in total. The van der Waals surface area contributed by atoms with E-state index in [1.807, 2.05) is 0 Å². The third-order valence-electron chi connectivity index (χ3n) is 3.37. The molecule has 3 heteroatoms. The zero-order valence-electron chi connectivity index (χ0n) is 10.3. The van der Waals surface area contributed by atoms with Crippen LogP contribution in [0.3, 0.4) is 0 Å². The summed E-state index contributed by atoms with van der Waals surface area (Å²) in [5.41, 5.74) is 1.42. The van der Waals surface area contributed by atoms with Gasteiger partial charge in [-0.05, 0) is 59.7 Å². The standard InChI is InChI=1S/C14H20INO/c1-2-16-14(12-7-8-17-10-12)9-11-3-5-13(15)6-4-11/h3-6,12,14,16H,2,7-10H2,1H3.